The van der Waals surface area contributed by atoms with Gasteiger partial charge in [-0.1, -0.05) is 31.2 Å². The Labute approximate surface area is 133 Å². The second kappa shape index (κ2) is 6.69. The third-order valence-electron chi connectivity index (χ3n) is 5.03. The molecule has 0 radical (unpaired) electrons. The molecule has 3 rings (SSSR count). The summed E-state index contributed by atoms with van der Waals surface area (Å²) in [5, 5.41) is 0. The molecule has 2 amide bonds. The standard InChI is InChI=1S/C18H27N3O/c1-2-14-7-9-15(10-8-14)17-16(19)6-5-13-21(17)18(22)20-11-3-4-12-20/h7-10,16-17H,2-6,11-13,19H2,1H3. The quantitative estimate of drug-likeness (QED) is 0.913. The Morgan fingerprint density at radius 3 is 2.45 bits per heavy atom. The van der Waals surface area contributed by atoms with Crippen LogP contribution in [0.4, 0.5) is 4.79 Å². The highest BCUT2D eigenvalue weighted by Crippen LogP contribution is 2.32. The van der Waals surface area contributed by atoms with Gasteiger partial charge in [-0.15, -0.1) is 0 Å². The highest BCUT2D eigenvalue weighted by atomic mass is 16.2. The van der Waals surface area contributed by atoms with Gasteiger partial charge in [0.15, 0.2) is 0 Å². The number of piperidine rings is 1. The van der Waals surface area contributed by atoms with Crippen molar-refractivity contribution in [2.45, 2.75) is 51.1 Å². The van der Waals surface area contributed by atoms with E-state index in [0.717, 1.165) is 51.7 Å². The summed E-state index contributed by atoms with van der Waals surface area (Å²) in [6, 6.07) is 8.86. The molecule has 2 fully saturated rings. The lowest BCUT2D eigenvalue weighted by Crippen LogP contribution is -2.52. The van der Waals surface area contributed by atoms with Gasteiger partial charge in [0.05, 0.1) is 6.04 Å². The van der Waals surface area contributed by atoms with E-state index in [1.165, 1.54) is 11.1 Å². The van der Waals surface area contributed by atoms with Crippen LogP contribution in [-0.2, 0) is 6.42 Å². The monoisotopic (exact) mass is 301 g/mol. The predicted molar refractivity (Wildman–Crippen MR) is 88.7 cm³/mol. The van der Waals surface area contributed by atoms with Crippen LogP contribution in [0.15, 0.2) is 24.3 Å². The molecule has 1 aromatic rings. The average Bonchev–Trinajstić information content (AvgIpc) is 3.08. The molecule has 4 nitrogen and oxygen atoms in total. The number of amides is 2. The van der Waals surface area contributed by atoms with E-state index in [0.29, 0.717) is 0 Å². The first kappa shape index (κ1) is 15.3. The van der Waals surface area contributed by atoms with Gasteiger partial charge in [-0.2, -0.15) is 0 Å². The van der Waals surface area contributed by atoms with Gasteiger partial charge in [0.25, 0.3) is 0 Å². The number of carbonyl (C=O) groups excluding carboxylic acids is 1. The number of hydrogen-bond donors (Lipinski definition) is 1. The fraction of sp³-hybridized carbons (Fsp3) is 0.611. The van der Waals surface area contributed by atoms with Crippen molar-refractivity contribution in [3.63, 3.8) is 0 Å². The van der Waals surface area contributed by atoms with Crippen molar-refractivity contribution < 1.29 is 4.79 Å². The Morgan fingerprint density at radius 1 is 1.14 bits per heavy atom. The topological polar surface area (TPSA) is 49.6 Å². The van der Waals surface area contributed by atoms with Gasteiger partial charge < -0.3 is 15.5 Å². The fourth-order valence-corrected chi connectivity index (χ4v) is 3.71. The van der Waals surface area contributed by atoms with E-state index in [9.17, 15) is 4.79 Å². The second-order valence-corrected chi connectivity index (χ2v) is 6.52. The van der Waals surface area contributed by atoms with Gasteiger partial charge >= 0.3 is 6.03 Å². The van der Waals surface area contributed by atoms with Crippen LogP contribution >= 0.6 is 0 Å². The number of urea groups is 1. The first-order valence-corrected chi connectivity index (χ1v) is 8.60. The molecule has 2 atom stereocenters. The minimum atomic E-state index is 0.0211. The first-order chi connectivity index (χ1) is 10.7. The third kappa shape index (κ3) is 2.98. The Morgan fingerprint density at radius 2 is 1.82 bits per heavy atom. The molecule has 2 heterocycles. The molecule has 4 heteroatoms. The largest absolute Gasteiger partial charge is 0.326 e. The summed E-state index contributed by atoms with van der Waals surface area (Å²) in [6.45, 7) is 4.77. The number of nitrogens with two attached hydrogens (primary N) is 1. The molecule has 22 heavy (non-hydrogen) atoms. The number of benzene rings is 1. The molecule has 0 aromatic heterocycles. The third-order valence-corrected chi connectivity index (χ3v) is 5.03. The lowest BCUT2D eigenvalue weighted by atomic mass is 9.90. The lowest BCUT2D eigenvalue weighted by molar-refractivity contribution is 0.112. The van der Waals surface area contributed by atoms with E-state index in [1.807, 2.05) is 9.80 Å². The van der Waals surface area contributed by atoms with Crippen LogP contribution in [0.1, 0.15) is 49.8 Å². The van der Waals surface area contributed by atoms with Crippen LogP contribution in [0.5, 0.6) is 0 Å². The van der Waals surface area contributed by atoms with Crippen LogP contribution < -0.4 is 5.73 Å². The van der Waals surface area contributed by atoms with E-state index < -0.39 is 0 Å². The van der Waals surface area contributed by atoms with E-state index in [1.54, 1.807) is 0 Å². The molecular formula is C18H27N3O. The maximum atomic E-state index is 12.8. The maximum Gasteiger partial charge on any atom is 0.320 e. The minimum absolute atomic E-state index is 0.0211. The molecule has 120 valence electrons. The average molecular weight is 301 g/mol. The Hall–Kier alpha value is -1.55. The molecular weight excluding hydrogens is 274 g/mol. The molecule has 0 saturated carbocycles. The normalized spacial score (nSPS) is 25.5. The van der Waals surface area contributed by atoms with Crippen LogP contribution in [-0.4, -0.2) is 41.5 Å². The van der Waals surface area contributed by atoms with Gasteiger partial charge in [-0.3, -0.25) is 0 Å². The van der Waals surface area contributed by atoms with Crippen molar-refractivity contribution in [1.29, 1.82) is 0 Å². The highest BCUT2D eigenvalue weighted by molar-refractivity contribution is 5.75. The summed E-state index contributed by atoms with van der Waals surface area (Å²) in [5.74, 6) is 0. The van der Waals surface area contributed by atoms with Gasteiger partial charge in [-0.05, 0) is 43.2 Å². The zero-order valence-electron chi connectivity index (χ0n) is 13.5. The fourth-order valence-electron chi connectivity index (χ4n) is 3.71. The van der Waals surface area contributed by atoms with Crippen LogP contribution in [0.25, 0.3) is 0 Å². The summed E-state index contributed by atoms with van der Waals surface area (Å²) in [4.78, 5) is 16.9. The number of likely N-dealkylation sites (tertiary alicyclic amines) is 2. The first-order valence-electron chi connectivity index (χ1n) is 8.60. The number of aryl methyl sites for hydroxylation is 1. The zero-order valence-corrected chi connectivity index (χ0v) is 13.5. The minimum Gasteiger partial charge on any atom is -0.326 e. The molecule has 2 N–H and O–H groups in total. The van der Waals surface area contributed by atoms with Crippen molar-refractivity contribution in [1.82, 2.24) is 9.80 Å². The van der Waals surface area contributed by atoms with Crippen molar-refractivity contribution in [3.05, 3.63) is 35.4 Å². The van der Waals surface area contributed by atoms with Gasteiger partial charge in [0, 0.05) is 25.7 Å². The maximum absolute atomic E-state index is 12.8. The number of carbonyl (C=O) groups is 1. The van der Waals surface area contributed by atoms with Gasteiger partial charge in [0.1, 0.15) is 0 Å². The molecule has 2 aliphatic rings. The number of nitrogens with zero attached hydrogens (tertiary/aromatic N) is 2. The predicted octanol–water partition coefficient (Wildman–Crippen LogP) is 2.93. The van der Waals surface area contributed by atoms with Crippen molar-refractivity contribution >= 4 is 6.03 Å². The van der Waals surface area contributed by atoms with Gasteiger partial charge in [-0.25, -0.2) is 4.79 Å². The van der Waals surface area contributed by atoms with E-state index >= 15 is 0 Å². The van der Waals surface area contributed by atoms with Crippen LogP contribution in [0.2, 0.25) is 0 Å². The molecule has 0 aliphatic carbocycles. The molecule has 2 saturated heterocycles. The summed E-state index contributed by atoms with van der Waals surface area (Å²) >= 11 is 0. The van der Waals surface area contributed by atoms with Crippen molar-refractivity contribution in [2.75, 3.05) is 19.6 Å². The van der Waals surface area contributed by atoms with Crippen LogP contribution in [0, 0.1) is 0 Å². The molecule has 2 unspecified atom stereocenters. The zero-order chi connectivity index (χ0) is 15.5. The smallest absolute Gasteiger partial charge is 0.320 e. The SMILES string of the molecule is CCc1ccc(C2C(N)CCCN2C(=O)N2CCCC2)cc1. The summed E-state index contributed by atoms with van der Waals surface area (Å²) in [6.07, 6.45) is 5.28. The highest BCUT2D eigenvalue weighted by Gasteiger charge is 2.36. The van der Waals surface area contributed by atoms with Crippen LogP contribution in [0.3, 0.4) is 0 Å². The lowest BCUT2D eigenvalue weighted by Gasteiger charge is -2.41. The molecule has 2 aliphatic heterocycles. The Kier molecular flexibility index (Phi) is 4.67. The summed E-state index contributed by atoms with van der Waals surface area (Å²) < 4.78 is 0. The molecule has 0 bridgehead atoms. The summed E-state index contributed by atoms with van der Waals surface area (Å²) in [7, 11) is 0. The molecule has 0 spiro atoms. The Balaban J connectivity index is 1.84. The molecule has 1 aromatic carbocycles. The Bertz CT molecular complexity index is 508. The second-order valence-electron chi connectivity index (χ2n) is 6.52. The van der Waals surface area contributed by atoms with Gasteiger partial charge in [0.2, 0.25) is 0 Å². The summed E-state index contributed by atoms with van der Waals surface area (Å²) in [5.41, 5.74) is 8.90. The number of hydrogen-bond acceptors (Lipinski definition) is 2. The van der Waals surface area contributed by atoms with E-state index in [4.69, 9.17) is 5.73 Å². The number of rotatable bonds is 2. The van der Waals surface area contributed by atoms with E-state index in [2.05, 4.69) is 31.2 Å². The van der Waals surface area contributed by atoms with Crippen molar-refractivity contribution in [2.24, 2.45) is 5.73 Å². The van der Waals surface area contributed by atoms with Crippen molar-refractivity contribution in [3.8, 4) is 0 Å². The van der Waals surface area contributed by atoms with E-state index in [-0.39, 0.29) is 18.1 Å².